The molecule has 29 heavy (non-hydrogen) atoms. The van der Waals surface area contributed by atoms with E-state index in [1.54, 1.807) is 11.0 Å². The van der Waals surface area contributed by atoms with Crippen molar-refractivity contribution in [2.24, 2.45) is 0 Å². The molecule has 1 aliphatic heterocycles. The van der Waals surface area contributed by atoms with Crippen molar-refractivity contribution in [2.45, 2.75) is 26.8 Å². The van der Waals surface area contributed by atoms with Crippen LogP contribution in [0.1, 0.15) is 18.9 Å². The van der Waals surface area contributed by atoms with Gasteiger partial charge < -0.3 is 19.9 Å². The number of cyclic esters (lactones) is 1. The van der Waals surface area contributed by atoms with Crippen molar-refractivity contribution in [1.82, 2.24) is 4.57 Å². The fraction of sp³-hybridized carbons (Fsp3) is 0.273. The minimum absolute atomic E-state index is 0.332. The lowest BCUT2D eigenvalue weighted by Crippen LogP contribution is -2.24. The van der Waals surface area contributed by atoms with Crippen LogP contribution in [0.4, 0.5) is 26.7 Å². The molecule has 2 heterocycles. The third-order valence-corrected chi connectivity index (χ3v) is 5.04. The van der Waals surface area contributed by atoms with Gasteiger partial charge >= 0.3 is 12.1 Å². The molecule has 4 rings (SSSR count). The number of rotatable bonds is 5. The number of urea groups is 1. The predicted octanol–water partition coefficient (Wildman–Crippen LogP) is 4.96. The smallest absolute Gasteiger partial charge is 0.414 e. The van der Waals surface area contributed by atoms with Gasteiger partial charge in [-0.1, -0.05) is 13.0 Å². The molecule has 2 N–H and O–H groups in total. The minimum atomic E-state index is -0.368. The Labute approximate surface area is 169 Å². The summed E-state index contributed by atoms with van der Waals surface area (Å²) in [6.45, 7) is 5.90. The van der Waals surface area contributed by atoms with Crippen LogP contribution in [0.2, 0.25) is 0 Å². The normalized spacial score (nSPS) is 13.6. The van der Waals surface area contributed by atoms with Gasteiger partial charge in [-0.2, -0.15) is 0 Å². The summed E-state index contributed by atoms with van der Waals surface area (Å²) in [5.74, 6) is 0. The van der Waals surface area contributed by atoms with Crippen LogP contribution in [0.5, 0.6) is 0 Å². The van der Waals surface area contributed by atoms with Gasteiger partial charge in [0.05, 0.1) is 6.54 Å². The monoisotopic (exact) mass is 392 g/mol. The molecule has 0 bridgehead atoms. The van der Waals surface area contributed by atoms with Gasteiger partial charge in [0.1, 0.15) is 6.61 Å². The van der Waals surface area contributed by atoms with E-state index in [0.717, 1.165) is 35.1 Å². The summed E-state index contributed by atoms with van der Waals surface area (Å²) in [5, 5.41) is 6.85. The SMILES string of the molecule is CCCn1ccc2cc(NC(=O)Nc3cc(N4CCOC4=O)ccc3C)ccc21. The molecule has 1 saturated heterocycles. The second-order valence-corrected chi connectivity index (χ2v) is 7.13. The van der Waals surface area contributed by atoms with Crippen molar-refractivity contribution in [1.29, 1.82) is 0 Å². The van der Waals surface area contributed by atoms with E-state index in [1.165, 1.54) is 0 Å². The standard InChI is InChI=1S/C22H24N4O3/c1-3-9-25-10-8-16-13-17(5-7-20(16)25)23-21(27)24-19-14-18(6-4-15(19)2)26-11-12-29-22(26)28/h4-8,10,13-14H,3,9,11-12H2,1-2H3,(H2,23,24,27). The molecule has 3 amide bonds. The van der Waals surface area contributed by atoms with Gasteiger partial charge in [-0.3, -0.25) is 4.90 Å². The van der Waals surface area contributed by atoms with Crippen LogP contribution in [-0.4, -0.2) is 29.8 Å². The summed E-state index contributed by atoms with van der Waals surface area (Å²) in [7, 11) is 0. The van der Waals surface area contributed by atoms with Crippen molar-refractivity contribution in [3.05, 3.63) is 54.2 Å². The maximum absolute atomic E-state index is 12.5. The van der Waals surface area contributed by atoms with E-state index < -0.39 is 0 Å². The van der Waals surface area contributed by atoms with Gasteiger partial charge in [0.2, 0.25) is 0 Å². The molecule has 0 saturated carbocycles. The Hall–Kier alpha value is -3.48. The Morgan fingerprint density at radius 3 is 2.76 bits per heavy atom. The van der Waals surface area contributed by atoms with E-state index in [1.807, 2.05) is 37.3 Å². The second kappa shape index (κ2) is 7.87. The average Bonchev–Trinajstić information content (AvgIpc) is 3.30. The number of nitrogens with one attached hydrogen (secondary N) is 2. The van der Waals surface area contributed by atoms with Gasteiger partial charge in [-0.15, -0.1) is 0 Å². The first-order chi connectivity index (χ1) is 14.0. The van der Waals surface area contributed by atoms with Crippen molar-refractivity contribution < 1.29 is 14.3 Å². The van der Waals surface area contributed by atoms with Gasteiger partial charge in [0, 0.05) is 40.7 Å². The first-order valence-corrected chi connectivity index (χ1v) is 9.77. The first kappa shape index (κ1) is 18.9. The molecule has 0 atom stereocenters. The van der Waals surface area contributed by atoms with Gasteiger partial charge in [0.15, 0.2) is 0 Å². The molecule has 150 valence electrons. The first-order valence-electron chi connectivity index (χ1n) is 9.77. The number of carbonyl (C=O) groups is 2. The third-order valence-electron chi connectivity index (χ3n) is 5.04. The lowest BCUT2D eigenvalue weighted by Gasteiger charge is -2.16. The van der Waals surface area contributed by atoms with Crippen molar-refractivity contribution in [3.8, 4) is 0 Å². The van der Waals surface area contributed by atoms with E-state index in [2.05, 4.69) is 34.4 Å². The topological polar surface area (TPSA) is 75.6 Å². The summed E-state index contributed by atoms with van der Waals surface area (Å²) in [5.41, 5.74) is 4.13. The van der Waals surface area contributed by atoms with E-state index in [4.69, 9.17) is 4.74 Å². The second-order valence-electron chi connectivity index (χ2n) is 7.13. The molecule has 1 fully saturated rings. The highest BCUT2D eigenvalue weighted by atomic mass is 16.6. The molecule has 3 aromatic rings. The molecular formula is C22H24N4O3. The minimum Gasteiger partial charge on any atom is -0.447 e. The van der Waals surface area contributed by atoms with Crippen LogP contribution in [0.3, 0.4) is 0 Å². The highest BCUT2D eigenvalue weighted by Crippen LogP contribution is 2.26. The molecule has 2 aromatic carbocycles. The van der Waals surface area contributed by atoms with Crippen LogP contribution in [-0.2, 0) is 11.3 Å². The Morgan fingerprint density at radius 1 is 1.14 bits per heavy atom. The van der Waals surface area contributed by atoms with Crippen LogP contribution < -0.4 is 15.5 Å². The number of amides is 3. The molecule has 0 spiro atoms. The Bertz CT molecular complexity index is 1070. The van der Waals surface area contributed by atoms with Crippen LogP contribution >= 0.6 is 0 Å². The number of aromatic nitrogens is 1. The van der Waals surface area contributed by atoms with Gasteiger partial charge in [-0.25, -0.2) is 9.59 Å². The van der Waals surface area contributed by atoms with Crippen LogP contribution in [0, 0.1) is 6.92 Å². The largest absolute Gasteiger partial charge is 0.447 e. The fourth-order valence-electron chi connectivity index (χ4n) is 3.54. The zero-order valence-electron chi connectivity index (χ0n) is 16.6. The lowest BCUT2D eigenvalue weighted by molar-refractivity contribution is 0.181. The molecule has 1 aliphatic rings. The average molecular weight is 392 g/mol. The summed E-state index contributed by atoms with van der Waals surface area (Å²) in [4.78, 5) is 25.9. The zero-order chi connectivity index (χ0) is 20.4. The predicted molar refractivity (Wildman–Crippen MR) is 115 cm³/mol. The molecule has 7 nitrogen and oxygen atoms in total. The summed E-state index contributed by atoms with van der Waals surface area (Å²) >= 11 is 0. The highest BCUT2D eigenvalue weighted by Gasteiger charge is 2.24. The van der Waals surface area contributed by atoms with E-state index >= 15 is 0 Å². The van der Waals surface area contributed by atoms with Gasteiger partial charge in [-0.05, 0) is 55.3 Å². The third kappa shape index (κ3) is 3.89. The molecule has 1 aromatic heterocycles. The quantitative estimate of drug-likeness (QED) is 0.644. The summed E-state index contributed by atoms with van der Waals surface area (Å²) < 4.78 is 7.19. The van der Waals surface area contributed by atoms with E-state index in [9.17, 15) is 9.59 Å². The number of hydrogen-bond donors (Lipinski definition) is 2. The Balaban J connectivity index is 1.48. The fourth-order valence-corrected chi connectivity index (χ4v) is 3.54. The van der Waals surface area contributed by atoms with Crippen molar-refractivity contribution in [3.63, 3.8) is 0 Å². The lowest BCUT2D eigenvalue weighted by atomic mass is 10.1. The summed E-state index contributed by atoms with van der Waals surface area (Å²) in [6.07, 6.45) is 2.77. The van der Waals surface area contributed by atoms with Crippen LogP contribution in [0.25, 0.3) is 10.9 Å². The van der Waals surface area contributed by atoms with E-state index in [0.29, 0.717) is 24.5 Å². The number of ether oxygens (including phenoxy) is 1. The summed E-state index contributed by atoms with van der Waals surface area (Å²) in [6, 6.07) is 13.1. The number of hydrogen-bond acceptors (Lipinski definition) is 3. The van der Waals surface area contributed by atoms with Crippen molar-refractivity contribution >= 4 is 40.1 Å². The van der Waals surface area contributed by atoms with Crippen LogP contribution in [0.15, 0.2) is 48.7 Å². The molecule has 0 radical (unpaired) electrons. The molecule has 0 unspecified atom stereocenters. The highest BCUT2D eigenvalue weighted by molar-refractivity contribution is 6.02. The Morgan fingerprint density at radius 2 is 2.00 bits per heavy atom. The zero-order valence-corrected chi connectivity index (χ0v) is 16.6. The van der Waals surface area contributed by atoms with Crippen molar-refractivity contribution in [2.75, 3.05) is 28.7 Å². The number of benzene rings is 2. The number of nitrogens with zero attached hydrogens (tertiary/aromatic N) is 2. The molecule has 0 aliphatic carbocycles. The van der Waals surface area contributed by atoms with E-state index in [-0.39, 0.29) is 12.1 Å². The number of aryl methyl sites for hydroxylation is 2. The Kier molecular flexibility index (Phi) is 5.12. The molecule has 7 heteroatoms. The van der Waals surface area contributed by atoms with Gasteiger partial charge in [0.25, 0.3) is 0 Å². The number of carbonyl (C=O) groups excluding carboxylic acids is 2. The maximum Gasteiger partial charge on any atom is 0.414 e. The number of fused-ring (bicyclic) bond motifs is 1. The molecular weight excluding hydrogens is 368 g/mol. The number of anilines is 3. The maximum atomic E-state index is 12.5.